The second-order valence-electron chi connectivity index (χ2n) is 8.23. The van der Waals surface area contributed by atoms with E-state index in [0.717, 1.165) is 12.1 Å². The number of alkyl halides is 3. The maximum atomic E-state index is 12.7. The van der Waals surface area contributed by atoms with Crippen LogP contribution in [0, 0.1) is 11.5 Å². The van der Waals surface area contributed by atoms with Gasteiger partial charge in [0.2, 0.25) is 5.82 Å². The number of rotatable bonds is 4. The maximum Gasteiger partial charge on any atom is 0.416 e. The Morgan fingerprint density at radius 2 is 1.61 bits per heavy atom. The van der Waals surface area contributed by atoms with Gasteiger partial charge in [-0.25, -0.2) is 0 Å². The number of ether oxygens (including phenoxy) is 1. The molecule has 1 N–H and O–H groups in total. The van der Waals surface area contributed by atoms with Crippen molar-refractivity contribution in [3.05, 3.63) is 65.9 Å². The number of halogens is 3. The molecule has 0 bridgehead atoms. The molecule has 0 saturated heterocycles. The predicted octanol–water partition coefficient (Wildman–Crippen LogP) is 6.17. The Balaban J connectivity index is 1.49. The van der Waals surface area contributed by atoms with E-state index in [-0.39, 0.29) is 5.89 Å². The summed E-state index contributed by atoms with van der Waals surface area (Å²) < 4.78 is 49.0. The van der Waals surface area contributed by atoms with Crippen molar-refractivity contribution >= 4 is 8.07 Å². The fourth-order valence-corrected chi connectivity index (χ4v) is 3.27. The highest BCUT2D eigenvalue weighted by Gasteiger charge is 2.30. The summed E-state index contributed by atoms with van der Waals surface area (Å²) in [7, 11) is -1.56. The average molecular weight is 469 g/mol. The van der Waals surface area contributed by atoms with E-state index in [0.29, 0.717) is 34.1 Å². The summed E-state index contributed by atoms with van der Waals surface area (Å²) in [6.07, 6.45) is -2.76. The van der Waals surface area contributed by atoms with E-state index in [2.05, 4.69) is 51.4 Å². The molecule has 0 radical (unpaired) electrons. The molecule has 0 atom stereocenters. The van der Waals surface area contributed by atoms with Crippen LogP contribution >= 0.6 is 0 Å². The van der Waals surface area contributed by atoms with Crippen molar-refractivity contribution in [2.24, 2.45) is 0 Å². The van der Waals surface area contributed by atoms with Crippen LogP contribution in [0.1, 0.15) is 11.1 Å². The van der Waals surface area contributed by atoms with Gasteiger partial charge in [-0.3, -0.25) is 5.10 Å². The largest absolute Gasteiger partial charge is 0.457 e. The minimum absolute atomic E-state index is 0.271. The second kappa shape index (κ2) is 8.59. The summed E-state index contributed by atoms with van der Waals surface area (Å²) in [6, 6.07) is 11.3. The normalized spacial score (nSPS) is 11.7. The highest BCUT2D eigenvalue weighted by molar-refractivity contribution is 6.83. The van der Waals surface area contributed by atoms with Crippen LogP contribution in [0.2, 0.25) is 19.6 Å². The number of H-pyrrole nitrogens is 1. The van der Waals surface area contributed by atoms with Crippen molar-refractivity contribution in [3.63, 3.8) is 0 Å². The number of aromatic amines is 1. The van der Waals surface area contributed by atoms with Gasteiger partial charge in [-0.1, -0.05) is 30.7 Å². The summed E-state index contributed by atoms with van der Waals surface area (Å²) in [4.78, 5) is 4.42. The second-order valence-corrected chi connectivity index (χ2v) is 13.0. The summed E-state index contributed by atoms with van der Waals surface area (Å²) in [5, 5.41) is 10.9. The lowest BCUT2D eigenvalue weighted by molar-refractivity contribution is -0.137. The van der Waals surface area contributed by atoms with Crippen LogP contribution in [0.15, 0.2) is 59.3 Å². The molecule has 2 heterocycles. The van der Waals surface area contributed by atoms with Crippen LogP contribution in [0.25, 0.3) is 23.0 Å². The molecular formula is C23H19F3N4O2Si. The summed E-state index contributed by atoms with van der Waals surface area (Å²) in [6.45, 7) is 6.44. The molecule has 6 nitrogen and oxygen atoms in total. The third-order valence-electron chi connectivity index (χ3n) is 4.38. The number of benzene rings is 2. The molecule has 168 valence electrons. The van der Waals surface area contributed by atoms with Gasteiger partial charge in [0.05, 0.1) is 17.3 Å². The molecule has 0 fully saturated rings. The van der Waals surface area contributed by atoms with Crippen molar-refractivity contribution in [2.75, 3.05) is 0 Å². The molecule has 0 amide bonds. The van der Waals surface area contributed by atoms with Crippen LogP contribution < -0.4 is 4.74 Å². The van der Waals surface area contributed by atoms with Crippen LogP contribution in [0.4, 0.5) is 13.2 Å². The van der Waals surface area contributed by atoms with E-state index < -0.39 is 19.8 Å². The Labute approximate surface area is 188 Å². The van der Waals surface area contributed by atoms with E-state index in [1.807, 2.05) is 0 Å². The van der Waals surface area contributed by atoms with Crippen LogP contribution in [-0.4, -0.2) is 28.4 Å². The monoisotopic (exact) mass is 468 g/mol. The van der Waals surface area contributed by atoms with E-state index in [1.165, 1.54) is 12.1 Å². The van der Waals surface area contributed by atoms with E-state index in [1.54, 1.807) is 30.5 Å². The standard InChI is InChI=1S/C23H19F3N4O2Si/c1-33(2,3)13-12-16-14-27-29-20(16)22-28-21(30-32-22)15-4-8-18(9-5-15)31-19-10-6-17(7-11-19)23(24,25)26/h4-11,14H,1-3H3,(H,27,29). The highest BCUT2D eigenvalue weighted by atomic mass is 28.3. The van der Waals surface area contributed by atoms with Gasteiger partial charge in [0.25, 0.3) is 5.89 Å². The van der Waals surface area contributed by atoms with Crippen LogP contribution in [-0.2, 0) is 6.18 Å². The Bertz CT molecular complexity index is 1310. The maximum absolute atomic E-state index is 12.7. The van der Waals surface area contributed by atoms with Gasteiger partial charge < -0.3 is 9.26 Å². The van der Waals surface area contributed by atoms with Gasteiger partial charge in [0.15, 0.2) is 0 Å². The molecule has 0 aliphatic heterocycles. The molecule has 10 heteroatoms. The van der Waals surface area contributed by atoms with Gasteiger partial charge in [-0.05, 0) is 48.5 Å². The molecule has 4 rings (SSSR count). The van der Waals surface area contributed by atoms with Crippen molar-refractivity contribution in [1.29, 1.82) is 0 Å². The summed E-state index contributed by atoms with van der Waals surface area (Å²) >= 11 is 0. The summed E-state index contributed by atoms with van der Waals surface area (Å²) in [5.74, 6) is 4.52. The lowest BCUT2D eigenvalue weighted by Crippen LogP contribution is -2.16. The van der Waals surface area contributed by atoms with Gasteiger partial charge >= 0.3 is 6.18 Å². The highest BCUT2D eigenvalue weighted by Crippen LogP contribution is 2.32. The van der Waals surface area contributed by atoms with Crippen LogP contribution in [0.5, 0.6) is 11.5 Å². The van der Waals surface area contributed by atoms with Gasteiger partial charge in [-0.2, -0.15) is 23.3 Å². The topological polar surface area (TPSA) is 76.8 Å². The van der Waals surface area contributed by atoms with Crippen molar-refractivity contribution in [1.82, 2.24) is 20.3 Å². The summed E-state index contributed by atoms with van der Waals surface area (Å²) in [5.41, 5.74) is 4.47. The van der Waals surface area contributed by atoms with Crippen LogP contribution in [0.3, 0.4) is 0 Å². The first kappa shape index (κ1) is 22.4. The molecule has 0 aliphatic carbocycles. The first-order valence-corrected chi connectivity index (χ1v) is 13.4. The molecule has 0 saturated carbocycles. The molecule has 2 aromatic carbocycles. The molecule has 33 heavy (non-hydrogen) atoms. The first-order valence-electron chi connectivity index (χ1n) is 9.95. The number of hydrogen-bond acceptors (Lipinski definition) is 5. The zero-order valence-corrected chi connectivity index (χ0v) is 19.0. The Hall–Kier alpha value is -3.84. The van der Waals surface area contributed by atoms with E-state index in [4.69, 9.17) is 9.26 Å². The Kier molecular flexibility index (Phi) is 5.82. The lowest BCUT2D eigenvalue weighted by atomic mass is 10.2. The Morgan fingerprint density at radius 3 is 2.21 bits per heavy atom. The SMILES string of the molecule is C[Si](C)(C)C#Cc1cn[nH]c1-c1nc(-c2ccc(Oc3ccc(C(F)(F)F)cc3)cc2)no1. The average Bonchev–Trinajstić information content (AvgIpc) is 3.41. The fourth-order valence-electron chi connectivity index (χ4n) is 2.76. The molecule has 0 aliphatic rings. The number of hydrogen-bond donors (Lipinski definition) is 1. The number of nitrogens with one attached hydrogen (secondary N) is 1. The van der Waals surface area contributed by atoms with Crippen molar-refractivity contribution < 1.29 is 22.4 Å². The fraction of sp³-hybridized carbons (Fsp3) is 0.174. The smallest absolute Gasteiger partial charge is 0.416 e. The van der Waals surface area contributed by atoms with Gasteiger partial charge in [0.1, 0.15) is 25.3 Å². The third-order valence-corrected chi connectivity index (χ3v) is 5.26. The molecular weight excluding hydrogens is 449 g/mol. The van der Waals surface area contributed by atoms with Gasteiger partial charge in [0, 0.05) is 5.56 Å². The lowest BCUT2D eigenvalue weighted by Gasteiger charge is -2.09. The Morgan fingerprint density at radius 1 is 0.970 bits per heavy atom. The minimum atomic E-state index is -4.39. The minimum Gasteiger partial charge on any atom is -0.457 e. The molecule has 4 aromatic rings. The van der Waals surface area contributed by atoms with E-state index >= 15 is 0 Å². The molecule has 0 unspecified atom stereocenters. The predicted molar refractivity (Wildman–Crippen MR) is 119 cm³/mol. The number of nitrogens with zero attached hydrogens (tertiary/aromatic N) is 3. The molecule has 2 aromatic heterocycles. The number of aromatic nitrogens is 4. The van der Waals surface area contributed by atoms with E-state index in [9.17, 15) is 13.2 Å². The zero-order valence-electron chi connectivity index (χ0n) is 18.0. The molecule has 0 spiro atoms. The van der Waals surface area contributed by atoms with Gasteiger partial charge in [-0.15, -0.1) is 5.54 Å². The first-order chi connectivity index (χ1) is 15.6. The van der Waals surface area contributed by atoms with Crippen molar-refractivity contribution in [3.8, 4) is 45.9 Å². The third kappa shape index (κ3) is 5.50. The van der Waals surface area contributed by atoms with Crippen molar-refractivity contribution in [2.45, 2.75) is 25.8 Å². The quantitative estimate of drug-likeness (QED) is 0.286. The zero-order chi connectivity index (χ0) is 23.6.